The van der Waals surface area contributed by atoms with E-state index in [1.165, 1.54) is 32.6 Å². The van der Waals surface area contributed by atoms with Crippen molar-refractivity contribution >= 4 is 30.6 Å². The van der Waals surface area contributed by atoms with Gasteiger partial charge in [-0.2, -0.15) is 0 Å². The van der Waals surface area contributed by atoms with Gasteiger partial charge < -0.3 is 0 Å². The maximum atomic E-state index is 14.4. The summed E-state index contributed by atoms with van der Waals surface area (Å²) in [6.45, 7) is 24.3. The van der Waals surface area contributed by atoms with Crippen molar-refractivity contribution in [3.63, 3.8) is 0 Å². The molecule has 0 bridgehead atoms. The molecule has 0 spiro atoms. The Morgan fingerprint density at radius 2 is 1.18 bits per heavy atom. The topological polar surface area (TPSA) is 77.5 Å². The van der Waals surface area contributed by atoms with Gasteiger partial charge in [0.25, 0.3) is 0 Å². The van der Waals surface area contributed by atoms with Crippen LogP contribution in [0.2, 0.25) is 13.3 Å². The summed E-state index contributed by atoms with van der Waals surface area (Å²) < 4.78 is 29.1. The molecule has 3 rings (SSSR count). The summed E-state index contributed by atoms with van der Waals surface area (Å²) in [5.41, 5.74) is -2.32. The van der Waals surface area contributed by atoms with Gasteiger partial charge in [0.2, 0.25) is 0 Å². The van der Waals surface area contributed by atoms with E-state index >= 15 is 0 Å². The average molecular weight is 744 g/mol. The molecule has 3 aliphatic rings. The minimum atomic E-state index is -3.16. The van der Waals surface area contributed by atoms with Crippen LogP contribution < -0.4 is 0 Å². The summed E-state index contributed by atoms with van der Waals surface area (Å²) in [7, 11) is 0. The summed E-state index contributed by atoms with van der Waals surface area (Å²) in [6, 6.07) is 0. The Kier molecular flexibility index (Phi) is 13.5. The Morgan fingerprint density at radius 3 is 1.60 bits per heavy atom. The van der Waals surface area contributed by atoms with Gasteiger partial charge in [-0.3, -0.25) is 0 Å². The van der Waals surface area contributed by atoms with E-state index in [9.17, 15) is 9.59 Å². The fourth-order valence-corrected chi connectivity index (χ4v) is 27.1. The Hall–Kier alpha value is -0.741. The van der Waals surface area contributed by atoms with Gasteiger partial charge in [-0.25, -0.2) is 0 Å². The molecular weight excluding hydrogens is 675 g/mol. The molecule has 0 aromatic carbocycles. The van der Waals surface area contributed by atoms with Gasteiger partial charge in [0, 0.05) is 0 Å². The normalized spacial score (nSPS) is 26.1. The number of hydrogen-bond acceptors (Lipinski definition) is 6. The fraction of sp³-hybridized carbons (Fsp3) is 0.944. The van der Waals surface area contributed by atoms with E-state index in [1.807, 2.05) is 46.4 Å². The molecule has 1 aliphatic carbocycles. The predicted octanol–water partition coefficient (Wildman–Crippen LogP) is 9.52. The number of carbonyl (C=O) groups excluding carboxylic acids is 2. The molecule has 8 nitrogen and oxygen atoms in total. The number of amides is 2. The van der Waals surface area contributed by atoms with E-state index in [1.54, 1.807) is 4.90 Å². The molecule has 0 N–H and O–H groups in total. The Morgan fingerprint density at radius 1 is 0.733 bits per heavy atom. The van der Waals surface area contributed by atoms with Crippen LogP contribution in [0.1, 0.15) is 140 Å². The van der Waals surface area contributed by atoms with Gasteiger partial charge in [0.05, 0.1) is 0 Å². The SMILES string of the molecule is CCC[CH2][Sn]([CH2]CCC)([CH2]CCC)[C@@H](OC(=O)N1C(C)(C)COC1(C)C)[C@H]1CCCC[C@H]1COC(=O)N1C(C)(C)COC1(C)C. The number of ether oxygens (including phenoxy) is 4. The van der Waals surface area contributed by atoms with Crippen molar-refractivity contribution in [2.24, 2.45) is 11.8 Å². The van der Waals surface area contributed by atoms with Crippen LogP contribution in [0.15, 0.2) is 0 Å². The first kappa shape index (κ1) is 38.7. The Balaban J connectivity index is 2.00. The van der Waals surface area contributed by atoms with E-state index in [0.29, 0.717) is 19.8 Å². The van der Waals surface area contributed by atoms with Crippen molar-refractivity contribution < 1.29 is 28.5 Å². The van der Waals surface area contributed by atoms with Crippen LogP contribution in [-0.4, -0.2) is 86.8 Å². The number of rotatable bonds is 14. The van der Waals surface area contributed by atoms with Crippen molar-refractivity contribution in [3.05, 3.63) is 0 Å². The molecule has 0 aromatic heterocycles. The van der Waals surface area contributed by atoms with Gasteiger partial charge in [-0.1, -0.05) is 0 Å². The molecule has 0 aromatic rings. The third-order valence-electron chi connectivity index (χ3n) is 10.9. The molecule has 0 unspecified atom stereocenters. The maximum absolute atomic E-state index is 14.4. The van der Waals surface area contributed by atoms with Crippen LogP contribution in [-0.2, 0) is 18.9 Å². The van der Waals surface area contributed by atoms with E-state index in [-0.39, 0.29) is 28.1 Å². The number of carbonyl (C=O) groups is 2. The Bertz CT molecular complexity index is 929. The molecule has 2 aliphatic heterocycles. The van der Waals surface area contributed by atoms with Gasteiger partial charge in [0.15, 0.2) is 0 Å². The standard InChI is InChI=1S/C24H41N2O6.3C4H9.Sn/c1-21(2)15-31-23(5,6)25(21)19(27)29-13-17-11-9-10-12-18(17)14-30-20(28)26-22(3,4)16-32-24(26,7)8;3*1-3-4-2;/h13,17-18H,9-12,14-16H2,1-8H3;3*1,3-4H2,2H3;/t17-,18+;;;;/m1..../s1. The molecule has 2 heterocycles. The average Bonchev–Trinajstić information content (AvgIpc) is 3.34. The summed E-state index contributed by atoms with van der Waals surface area (Å²) in [6.07, 6.45) is 10.8. The third-order valence-corrected chi connectivity index (χ3v) is 27.5. The van der Waals surface area contributed by atoms with Crippen molar-refractivity contribution in [2.75, 3.05) is 19.8 Å². The zero-order valence-corrected chi connectivity index (χ0v) is 33.7. The quantitative estimate of drug-likeness (QED) is 0.165. The van der Waals surface area contributed by atoms with Gasteiger partial charge in [0.1, 0.15) is 0 Å². The molecule has 1 saturated carbocycles. The Labute approximate surface area is 279 Å². The van der Waals surface area contributed by atoms with E-state index in [0.717, 1.165) is 44.9 Å². The molecule has 9 heteroatoms. The van der Waals surface area contributed by atoms with Crippen LogP contribution in [0.3, 0.4) is 0 Å². The first-order chi connectivity index (χ1) is 21.0. The zero-order valence-electron chi connectivity index (χ0n) is 30.9. The van der Waals surface area contributed by atoms with Crippen molar-refractivity contribution in [2.45, 2.75) is 180 Å². The molecule has 45 heavy (non-hydrogen) atoms. The van der Waals surface area contributed by atoms with E-state index in [4.69, 9.17) is 18.9 Å². The first-order valence-electron chi connectivity index (χ1n) is 18.2. The summed E-state index contributed by atoms with van der Waals surface area (Å²) >= 11 is -3.16. The van der Waals surface area contributed by atoms with Crippen LogP contribution in [0.25, 0.3) is 0 Å². The van der Waals surface area contributed by atoms with Crippen LogP contribution in [0.5, 0.6) is 0 Å². The van der Waals surface area contributed by atoms with Crippen molar-refractivity contribution in [1.29, 1.82) is 0 Å². The molecule has 2 saturated heterocycles. The third kappa shape index (κ3) is 9.04. The molecule has 2 amide bonds. The summed E-state index contributed by atoms with van der Waals surface area (Å²) in [4.78, 5) is 31.7. The summed E-state index contributed by atoms with van der Waals surface area (Å²) in [5.74, 6) is 0.384. The van der Waals surface area contributed by atoms with Crippen LogP contribution >= 0.6 is 0 Å². The van der Waals surface area contributed by atoms with Crippen molar-refractivity contribution in [3.8, 4) is 0 Å². The van der Waals surface area contributed by atoms with Crippen LogP contribution in [0.4, 0.5) is 9.59 Å². The van der Waals surface area contributed by atoms with Gasteiger partial charge >= 0.3 is 281 Å². The molecule has 0 radical (unpaired) electrons. The predicted molar refractivity (Wildman–Crippen MR) is 184 cm³/mol. The van der Waals surface area contributed by atoms with Gasteiger partial charge in [-0.05, 0) is 0 Å². The first-order valence-corrected chi connectivity index (χ1v) is 25.9. The minimum absolute atomic E-state index is 0.0457. The fourth-order valence-electron chi connectivity index (χ4n) is 8.66. The second-order valence-corrected chi connectivity index (χ2v) is 30.2. The van der Waals surface area contributed by atoms with Crippen molar-refractivity contribution in [1.82, 2.24) is 9.80 Å². The monoisotopic (exact) mass is 744 g/mol. The summed E-state index contributed by atoms with van der Waals surface area (Å²) in [5, 5.41) is 0. The second kappa shape index (κ2) is 15.6. The van der Waals surface area contributed by atoms with Crippen LogP contribution in [0, 0.1) is 11.8 Å². The van der Waals surface area contributed by atoms with E-state index < -0.39 is 40.9 Å². The molecule has 3 atom stereocenters. The van der Waals surface area contributed by atoms with E-state index in [2.05, 4.69) is 34.6 Å². The number of nitrogens with zero attached hydrogens (tertiary/aromatic N) is 2. The number of unbranched alkanes of at least 4 members (excludes halogenated alkanes) is 3. The molecule has 3 fully saturated rings. The number of hydrogen-bond donors (Lipinski definition) is 0. The zero-order chi connectivity index (χ0) is 33.7. The molecule has 262 valence electrons. The second-order valence-electron chi connectivity index (χ2n) is 16.5. The molecular formula is C36H68N2O6Sn. The van der Waals surface area contributed by atoms with Gasteiger partial charge in [-0.15, -0.1) is 0 Å².